The molecule has 104 valence electrons. The molecule has 3 aromatic rings. The molecule has 21 heavy (non-hydrogen) atoms. The van der Waals surface area contributed by atoms with E-state index in [1.54, 1.807) is 30.5 Å². The zero-order valence-electron chi connectivity index (χ0n) is 11.0. The van der Waals surface area contributed by atoms with Gasteiger partial charge in [0.15, 0.2) is 0 Å². The average molecular weight is 295 g/mol. The monoisotopic (exact) mass is 295 g/mol. The number of nitrogens with zero attached hydrogens (tertiary/aromatic N) is 2. The third kappa shape index (κ3) is 2.87. The van der Waals surface area contributed by atoms with Gasteiger partial charge in [-0.25, -0.2) is 0 Å². The van der Waals surface area contributed by atoms with Crippen molar-refractivity contribution >= 4 is 28.5 Å². The Morgan fingerprint density at radius 3 is 2.52 bits per heavy atom. The van der Waals surface area contributed by atoms with Crippen LogP contribution in [0.2, 0.25) is 0 Å². The second-order valence-electron chi connectivity index (χ2n) is 4.46. The highest BCUT2D eigenvalue weighted by Crippen LogP contribution is 2.36. The van der Waals surface area contributed by atoms with Crippen LogP contribution in [-0.4, -0.2) is 16.2 Å². The number of carbonyl (C=O) groups excluding carboxylic acids is 1. The molecule has 1 unspecified atom stereocenters. The molecule has 5 heteroatoms. The second-order valence-corrected chi connectivity index (χ2v) is 5.56. The number of carboxylic acid groups (broad SMARTS) is 1. The van der Waals surface area contributed by atoms with Gasteiger partial charge >= 0.3 is 0 Å². The number of fused-ring (bicyclic) bond motifs is 1. The fraction of sp³-hybridized carbons (Fsp3) is 0.0625. The van der Waals surface area contributed by atoms with E-state index in [-0.39, 0.29) is 0 Å². The Balaban J connectivity index is 2.01. The van der Waals surface area contributed by atoms with Gasteiger partial charge in [-0.15, -0.1) is 5.10 Å². The molecule has 0 saturated heterocycles. The summed E-state index contributed by atoms with van der Waals surface area (Å²) < 4.78 is 0. The first-order valence-corrected chi connectivity index (χ1v) is 7.26. The van der Waals surface area contributed by atoms with Crippen molar-refractivity contribution in [1.82, 2.24) is 10.2 Å². The van der Waals surface area contributed by atoms with E-state index >= 15 is 0 Å². The Morgan fingerprint density at radius 2 is 1.76 bits per heavy atom. The van der Waals surface area contributed by atoms with Gasteiger partial charge in [0, 0.05) is 10.8 Å². The maximum absolute atomic E-state index is 11.5. The maximum atomic E-state index is 11.5. The number of hydrogen-bond acceptors (Lipinski definition) is 5. The molecule has 0 bridgehead atoms. The molecule has 0 amide bonds. The van der Waals surface area contributed by atoms with Crippen LogP contribution in [0, 0.1) is 0 Å². The van der Waals surface area contributed by atoms with Crippen LogP contribution < -0.4 is 5.11 Å². The van der Waals surface area contributed by atoms with Gasteiger partial charge in [0.1, 0.15) is 5.03 Å². The molecule has 0 N–H and O–H groups in total. The summed E-state index contributed by atoms with van der Waals surface area (Å²) in [6.45, 7) is 0. The minimum Gasteiger partial charge on any atom is -0.549 e. The standard InChI is InChI=1S/C16H12N2O2S/c19-16(20)14(11-6-2-1-3-7-11)21-15-13-9-5-4-8-12(13)10-17-18-15/h1-10,14H,(H,19,20)/p-1. The summed E-state index contributed by atoms with van der Waals surface area (Å²) in [4.78, 5) is 11.5. The molecule has 1 atom stereocenters. The number of benzene rings is 2. The quantitative estimate of drug-likeness (QED) is 0.690. The molecule has 0 aliphatic carbocycles. The largest absolute Gasteiger partial charge is 0.549 e. The van der Waals surface area contributed by atoms with E-state index < -0.39 is 11.2 Å². The van der Waals surface area contributed by atoms with Gasteiger partial charge in [0.2, 0.25) is 0 Å². The number of carboxylic acids is 1. The van der Waals surface area contributed by atoms with Crippen molar-refractivity contribution in [3.8, 4) is 0 Å². The molecule has 0 saturated carbocycles. The lowest BCUT2D eigenvalue weighted by molar-refractivity contribution is -0.305. The van der Waals surface area contributed by atoms with Crippen molar-refractivity contribution in [2.24, 2.45) is 0 Å². The van der Waals surface area contributed by atoms with Gasteiger partial charge in [-0.1, -0.05) is 66.4 Å². The molecule has 0 radical (unpaired) electrons. The van der Waals surface area contributed by atoms with Crippen molar-refractivity contribution in [2.45, 2.75) is 10.3 Å². The third-order valence-corrected chi connectivity index (χ3v) is 4.31. The van der Waals surface area contributed by atoms with E-state index in [1.807, 2.05) is 30.3 Å². The average Bonchev–Trinajstić information content (AvgIpc) is 2.53. The predicted molar refractivity (Wildman–Crippen MR) is 79.6 cm³/mol. The molecule has 1 aromatic heterocycles. The van der Waals surface area contributed by atoms with E-state index in [1.165, 1.54) is 0 Å². The number of carbonyl (C=O) groups is 1. The molecule has 0 spiro atoms. The highest BCUT2D eigenvalue weighted by Gasteiger charge is 2.17. The fourth-order valence-electron chi connectivity index (χ4n) is 2.08. The summed E-state index contributed by atoms with van der Waals surface area (Å²) in [7, 11) is 0. The topological polar surface area (TPSA) is 65.9 Å². The first-order chi connectivity index (χ1) is 10.3. The maximum Gasteiger partial charge on any atom is 0.128 e. The molecule has 0 fully saturated rings. The summed E-state index contributed by atoms with van der Waals surface area (Å²) in [6, 6.07) is 16.6. The minimum atomic E-state index is -1.14. The number of rotatable bonds is 4. The Morgan fingerprint density at radius 1 is 1.05 bits per heavy atom. The zero-order chi connectivity index (χ0) is 14.7. The molecule has 2 aromatic carbocycles. The van der Waals surface area contributed by atoms with Crippen LogP contribution in [0.25, 0.3) is 10.8 Å². The van der Waals surface area contributed by atoms with Gasteiger partial charge in [-0.05, 0) is 5.56 Å². The van der Waals surface area contributed by atoms with E-state index in [9.17, 15) is 9.90 Å². The van der Waals surface area contributed by atoms with Crippen LogP contribution in [0.1, 0.15) is 10.8 Å². The van der Waals surface area contributed by atoms with E-state index in [2.05, 4.69) is 10.2 Å². The molecular formula is C16H11N2O2S-. The van der Waals surface area contributed by atoms with Crippen LogP contribution in [0.3, 0.4) is 0 Å². The van der Waals surface area contributed by atoms with Crippen LogP contribution in [0.5, 0.6) is 0 Å². The van der Waals surface area contributed by atoms with Crippen molar-refractivity contribution < 1.29 is 9.90 Å². The van der Waals surface area contributed by atoms with Crippen molar-refractivity contribution in [3.05, 3.63) is 66.4 Å². The Hall–Kier alpha value is -2.40. The molecule has 1 heterocycles. The SMILES string of the molecule is O=C([O-])C(Sc1nncc2ccccc12)c1ccccc1. The van der Waals surface area contributed by atoms with Crippen LogP contribution in [0.15, 0.2) is 65.8 Å². The van der Waals surface area contributed by atoms with Crippen LogP contribution in [-0.2, 0) is 4.79 Å². The number of hydrogen-bond donors (Lipinski definition) is 0. The third-order valence-electron chi connectivity index (χ3n) is 3.08. The lowest BCUT2D eigenvalue weighted by atomic mass is 10.1. The van der Waals surface area contributed by atoms with Crippen molar-refractivity contribution in [1.29, 1.82) is 0 Å². The Labute approximate surface area is 125 Å². The summed E-state index contributed by atoms with van der Waals surface area (Å²) >= 11 is 1.14. The minimum absolute atomic E-state index is 0.589. The first-order valence-electron chi connectivity index (χ1n) is 6.38. The van der Waals surface area contributed by atoms with Crippen LogP contribution >= 0.6 is 11.8 Å². The summed E-state index contributed by atoms with van der Waals surface area (Å²) in [5, 5.41) is 21.1. The molecule has 3 rings (SSSR count). The number of aromatic nitrogens is 2. The normalized spacial score (nSPS) is 12.2. The van der Waals surface area contributed by atoms with E-state index in [0.717, 1.165) is 22.5 Å². The smallest absolute Gasteiger partial charge is 0.128 e. The van der Waals surface area contributed by atoms with Crippen molar-refractivity contribution in [2.75, 3.05) is 0 Å². The van der Waals surface area contributed by atoms with Crippen LogP contribution in [0.4, 0.5) is 0 Å². The number of thioether (sulfide) groups is 1. The van der Waals surface area contributed by atoms with E-state index in [0.29, 0.717) is 10.6 Å². The highest BCUT2D eigenvalue weighted by atomic mass is 32.2. The molecular weight excluding hydrogens is 284 g/mol. The Bertz CT molecular complexity index is 772. The van der Waals surface area contributed by atoms with Gasteiger partial charge in [-0.3, -0.25) is 0 Å². The molecule has 0 aliphatic rings. The van der Waals surface area contributed by atoms with Crippen molar-refractivity contribution in [3.63, 3.8) is 0 Å². The highest BCUT2D eigenvalue weighted by molar-refractivity contribution is 8.00. The second kappa shape index (κ2) is 5.93. The summed E-state index contributed by atoms with van der Waals surface area (Å²) in [5.41, 5.74) is 0.678. The van der Waals surface area contributed by atoms with Gasteiger partial charge < -0.3 is 9.90 Å². The molecule has 0 aliphatic heterocycles. The van der Waals surface area contributed by atoms with Gasteiger partial charge in [0.05, 0.1) is 17.4 Å². The first kappa shape index (κ1) is 13.6. The lowest BCUT2D eigenvalue weighted by Crippen LogP contribution is -2.28. The Kier molecular flexibility index (Phi) is 3.83. The zero-order valence-corrected chi connectivity index (χ0v) is 11.8. The van der Waals surface area contributed by atoms with Gasteiger partial charge in [0.25, 0.3) is 0 Å². The molecule has 4 nitrogen and oxygen atoms in total. The van der Waals surface area contributed by atoms with E-state index in [4.69, 9.17) is 0 Å². The lowest BCUT2D eigenvalue weighted by Gasteiger charge is -2.17. The predicted octanol–water partition coefficient (Wildman–Crippen LogP) is 2.21. The van der Waals surface area contributed by atoms with Gasteiger partial charge in [-0.2, -0.15) is 5.10 Å². The number of aliphatic carboxylic acids is 1. The fourth-order valence-corrected chi connectivity index (χ4v) is 3.10. The summed E-state index contributed by atoms with van der Waals surface area (Å²) in [5.74, 6) is -1.14. The summed E-state index contributed by atoms with van der Waals surface area (Å²) in [6.07, 6.45) is 1.66.